The third-order valence-electron chi connectivity index (χ3n) is 7.82. The third kappa shape index (κ3) is 11.5. The molecule has 0 unspecified atom stereocenters. The molecule has 16 heteroatoms. The Balaban J connectivity index is 0.000000392. The van der Waals surface area contributed by atoms with E-state index in [1.807, 2.05) is 17.0 Å². The summed E-state index contributed by atoms with van der Waals surface area (Å²) >= 11 is 0. The fourth-order valence-corrected chi connectivity index (χ4v) is 5.27. The van der Waals surface area contributed by atoms with Gasteiger partial charge >= 0.3 is 24.3 Å². The number of benzene rings is 2. The highest BCUT2D eigenvalue weighted by molar-refractivity contribution is 5.98. The second kappa shape index (κ2) is 16.2. The summed E-state index contributed by atoms with van der Waals surface area (Å²) in [5, 5.41) is 14.2. The van der Waals surface area contributed by atoms with E-state index in [4.69, 9.17) is 30.3 Å². The number of alkyl halides is 6. The van der Waals surface area contributed by atoms with Crippen LogP contribution in [0, 0.1) is 11.9 Å². The summed E-state index contributed by atoms with van der Waals surface area (Å²) in [6.07, 6.45) is -5.45. The van der Waals surface area contributed by atoms with E-state index >= 15 is 0 Å². The summed E-state index contributed by atoms with van der Waals surface area (Å²) in [6.45, 7) is 1.08. The second-order valence-corrected chi connectivity index (χ2v) is 11.6. The Kier molecular flexibility index (Phi) is 12.9. The lowest BCUT2D eigenvalue weighted by molar-refractivity contribution is -0.193. The van der Waals surface area contributed by atoms with Gasteiger partial charge in [-0.05, 0) is 60.2 Å². The molecule has 2 aliphatic carbocycles. The number of pyridine rings is 1. The number of aromatic nitrogens is 1. The first-order valence-electron chi connectivity index (χ1n) is 14.9. The molecular formula is C33H34F7N3O6. The minimum Gasteiger partial charge on any atom is -0.475 e. The molecule has 0 spiro atoms. The van der Waals surface area contributed by atoms with Gasteiger partial charge in [-0.25, -0.2) is 14.6 Å². The second-order valence-electron chi connectivity index (χ2n) is 11.6. The van der Waals surface area contributed by atoms with Crippen molar-refractivity contribution in [1.29, 1.82) is 0 Å². The zero-order valence-electron chi connectivity index (χ0n) is 26.1. The van der Waals surface area contributed by atoms with Gasteiger partial charge in [-0.2, -0.15) is 30.7 Å². The average Bonchev–Trinajstić information content (AvgIpc) is 3.73. The van der Waals surface area contributed by atoms with E-state index in [-0.39, 0.29) is 23.3 Å². The van der Waals surface area contributed by atoms with Crippen molar-refractivity contribution in [2.24, 2.45) is 11.7 Å². The molecule has 0 aliphatic heterocycles. The van der Waals surface area contributed by atoms with E-state index < -0.39 is 30.2 Å². The van der Waals surface area contributed by atoms with E-state index in [0.29, 0.717) is 25.3 Å². The largest absolute Gasteiger partial charge is 0.490 e. The van der Waals surface area contributed by atoms with Crippen molar-refractivity contribution in [3.05, 3.63) is 83.9 Å². The molecule has 266 valence electrons. The lowest BCUT2D eigenvalue weighted by atomic mass is 9.97. The molecule has 2 atom stereocenters. The number of anilines is 1. The lowest BCUT2D eigenvalue weighted by Crippen LogP contribution is -2.50. The fraction of sp³-hybridized carbons (Fsp3) is 0.394. The third-order valence-corrected chi connectivity index (χ3v) is 7.82. The number of methoxy groups -OCH3 is 1. The summed E-state index contributed by atoms with van der Waals surface area (Å²) < 4.78 is 82.3. The van der Waals surface area contributed by atoms with Crippen LogP contribution < -0.4 is 10.6 Å². The van der Waals surface area contributed by atoms with E-state index in [1.54, 1.807) is 19.2 Å². The van der Waals surface area contributed by atoms with Gasteiger partial charge in [0.1, 0.15) is 0 Å². The molecule has 1 amide bonds. The van der Waals surface area contributed by atoms with Crippen molar-refractivity contribution < 1.29 is 60.1 Å². The summed E-state index contributed by atoms with van der Waals surface area (Å²) in [5.74, 6) is -6.20. The van der Waals surface area contributed by atoms with E-state index in [2.05, 4.69) is 41.4 Å². The van der Waals surface area contributed by atoms with E-state index in [0.717, 1.165) is 48.1 Å². The molecule has 0 saturated heterocycles. The van der Waals surface area contributed by atoms with Crippen molar-refractivity contribution in [1.82, 2.24) is 4.98 Å². The number of rotatable bonds is 8. The monoisotopic (exact) mass is 701 g/mol. The lowest BCUT2D eigenvalue weighted by Gasteiger charge is -2.33. The van der Waals surface area contributed by atoms with Gasteiger partial charge in [0, 0.05) is 42.4 Å². The van der Waals surface area contributed by atoms with Crippen molar-refractivity contribution in [2.75, 3.05) is 18.6 Å². The number of nitrogens with zero attached hydrogens (tertiary/aromatic N) is 2. The van der Waals surface area contributed by atoms with Crippen LogP contribution in [0.15, 0.2) is 66.7 Å². The zero-order valence-corrected chi connectivity index (χ0v) is 26.1. The minimum atomic E-state index is -5.08. The molecule has 9 nitrogen and oxygen atoms in total. The Bertz CT molecular complexity index is 1550. The average molecular weight is 702 g/mol. The topological polar surface area (TPSA) is 143 Å². The summed E-state index contributed by atoms with van der Waals surface area (Å²) in [5.41, 5.74) is 11.2. The number of halogens is 7. The van der Waals surface area contributed by atoms with Crippen molar-refractivity contribution in [2.45, 2.75) is 62.5 Å². The summed E-state index contributed by atoms with van der Waals surface area (Å²) in [6, 6.07) is 21.2. The number of hydrogen-bond acceptors (Lipinski definition) is 6. The van der Waals surface area contributed by atoms with Crippen LogP contribution in [0.25, 0.3) is 11.1 Å². The summed E-state index contributed by atoms with van der Waals surface area (Å²) in [7, 11) is 1.69. The molecule has 3 aromatic rings. The number of aliphatic carboxylic acids is 2. The van der Waals surface area contributed by atoms with Crippen LogP contribution in [-0.4, -0.2) is 64.6 Å². The van der Waals surface area contributed by atoms with Gasteiger partial charge in [0.05, 0.1) is 6.61 Å². The number of nitrogens with two attached hydrogens (primary N) is 1. The Morgan fingerprint density at radius 2 is 1.37 bits per heavy atom. The van der Waals surface area contributed by atoms with Gasteiger partial charge in [-0.1, -0.05) is 55.3 Å². The van der Waals surface area contributed by atoms with Crippen LogP contribution in [-0.2, 0) is 25.7 Å². The number of carboxylic acid groups (broad SMARTS) is 2. The first kappa shape index (κ1) is 38.9. The van der Waals surface area contributed by atoms with Crippen molar-refractivity contribution >= 4 is 23.5 Å². The maximum absolute atomic E-state index is 13.7. The highest BCUT2D eigenvalue weighted by atomic mass is 19.4. The van der Waals surface area contributed by atoms with Gasteiger partial charge in [0.25, 0.3) is 0 Å². The molecule has 0 bridgehead atoms. The fourth-order valence-electron chi connectivity index (χ4n) is 5.27. The van der Waals surface area contributed by atoms with Crippen LogP contribution in [0.1, 0.15) is 49.3 Å². The molecule has 4 N–H and O–H groups in total. The molecule has 49 heavy (non-hydrogen) atoms. The van der Waals surface area contributed by atoms with E-state index in [9.17, 15) is 35.5 Å². The smallest absolute Gasteiger partial charge is 0.475 e. The maximum atomic E-state index is 13.7. The molecule has 2 aromatic carbocycles. The van der Waals surface area contributed by atoms with Gasteiger partial charge in [0.2, 0.25) is 11.9 Å². The number of carbonyl (C=O) groups is 3. The molecule has 5 rings (SSSR count). The standard InChI is InChI=1S/C29H32FN3O2.2C2HF3O2/c1-35-18-20-7-9-21(10-8-20)22-11-13-23(14-12-22)33(19-29(31)15-2-3-16-29)28(34)25-17-24(25)26-5-4-6-27(30)32-26;2*3-2(4,5)1(6)7/h4-14,24-25H,2-3,15-19,31H2,1H3;2*(H,6,7)/t24-,25-;;/m1../s1. The van der Waals surface area contributed by atoms with Crippen molar-refractivity contribution in [3.8, 4) is 11.1 Å². The molecule has 1 heterocycles. The predicted molar refractivity (Wildman–Crippen MR) is 163 cm³/mol. The van der Waals surface area contributed by atoms with Crippen LogP contribution in [0.2, 0.25) is 0 Å². The normalized spacial score (nSPS) is 17.9. The predicted octanol–water partition coefficient (Wildman–Crippen LogP) is 6.71. The number of carbonyl (C=O) groups excluding carboxylic acids is 1. The van der Waals surface area contributed by atoms with Crippen LogP contribution in [0.5, 0.6) is 0 Å². The SMILES string of the molecule is COCc1ccc(-c2ccc(N(CC3(N)CCCC3)C(=O)[C@@H]3C[C@H]3c3cccc(F)n3)cc2)cc1.O=C(O)C(F)(F)F.O=C(O)C(F)(F)F. The first-order chi connectivity index (χ1) is 22.8. The number of carboxylic acids is 2. The zero-order chi connectivity index (χ0) is 36.6. The molecule has 2 fully saturated rings. The van der Waals surface area contributed by atoms with Crippen LogP contribution in [0.4, 0.5) is 36.4 Å². The Morgan fingerprint density at radius 1 is 0.878 bits per heavy atom. The van der Waals surface area contributed by atoms with Crippen LogP contribution >= 0.6 is 0 Å². The molecule has 0 radical (unpaired) electrons. The van der Waals surface area contributed by atoms with Crippen LogP contribution in [0.3, 0.4) is 0 Å². The highest BCUT2D eigenvalue weighted by Gasteiger charge is 2.48. The quantitative estimate of drug-likeness (QED) is 0.174. The van der Waals surface area contributed by atoms with Gasteiger partial charge < -0.3 is 25.6 Å². The number of amides is 1. The minimum absolute atomic E-state index is 0.0390. The Morgan fingerprint density at radius 3 is 1.82 bits per heavy atom. The Hall–Kier alpha value is -4.57. The van der Waals surface area contributed by atoms with Crippen molar-refractivity contribution in [3.63, 3.8) is 0 Å². The van der Waals surface area contributed by atoms with E-state index in [1.165, 1.54) is 6.07 Å². The Labute approximate surface area is 276 Å². The molecular weight excluding hydrogens is 667 g/mol. The van der Waals surface area contributed by atoms with Gasteiger partial charge in [-0.3, -0.25) is 4.79 Å². The maximum Gasteiger partial charge on any atom is 0.490 e. The molecule has 2 saturated carbocycles. The van der Waals surface area contributed by atoms with Gasteiger partial charge in [0.15, 0.2) is 0 Å². The summed E-state index contributed by atoms with van der Waals surface area (Å²) in [4.78, 5) is 37.4. The number of hydrogen-bond donors (Lipinski definition) is 3. The molecule has 2 aliphatic rings. The van der Waals surface area contributed by atoms with Gasteiger partial charge in [-0.15, -0.1) is 0 Å². The highest BCUT2D eigenvalue weighted by Crippen LogP contribution is 2.48. The first-order valence-corrected chi connectivity index (χ1v) is 14.9. The number of ether oxygens (including phenoxy) is 1. The molecule has 1 aromatic heterocycles.